The number of esters is 1. The summed E-state index contributed by atoms with van der Waals surface area (Å²) >= 11 is 0. The lowest BCUT2D eigenvalue weighted by atomic mass is 9.72. The summed E-state index contributed by atoms with van der Waals surface area (Å²) in [7, 11) is 1.37. The molecule has 5 amide bonds. The van der Waals surface area contributed by atoms with Gasteiger partial charge in [-0.3, -0.25) is 44.0 Å². The van der Waals surface area contributed by atoms with Crippen LogP contribution in [0.15, 0.2) is 110 Å². The van der Waals surface area contributed by atoms with E-state index in [9.17, 15) is 38.7 Å². The maximum Gasteiger partial charge on any atom is 0.340 e. The number of halogens is 1. The van der Waals surface area contributed by atoms with Gasteiger partial charge in [0, 0.05) is 55.5 Å². The lowest BCUT2D eigenvalue weighted by Gasteiger charge is -2.41. The topological polar surface area (TPSA) is 286 Å². The van der Waals surface area contributed by atoms with Crippen LogP contribution in [0.3, 0.4) is 0 Å². The molecule has 0 radical (unpaired) electrons. The Bertz CT molecular complexity index is 2850. The minimum Gasteiger partial charge on any atom is -0.458 e. The molecule has 6 aliphatic rings. The van der Waals surface area contributed by atoms with Gasteiger partial charge in [0.15, 0.2) is 6.10 Å². The second kappa shape index (κ2) is 23.6. The maximum atomic E-state index is 15.4. The molecule has 0 saturated carbocycles. The third-order valence-corrected chi connectivity index (χ3v) is 13.7. The number of amidine groups is 1. The third-order valence-electron chi connectivity index (χ3n) is 13.7. The number of aliphatic hydroxyl groups is 1. The Labute approximate surface area is 425 Å². The average molecular weight is 1020 g/mol. The van der Waals surface area contributed by atoms with Gasteiger partial charge in [-0.05, 0) is 72.6 Å². The summed E-state index contributed by atoms with van der Waals surface area (Å²) in [6.07, 6.45) is 5.05. The number of nitrogens with two attached hydrogens (primary N) is 1. The highest BCUT2D eigenvalue weighted by Crippen LogP contribution is 2.48. The van der Waals surface area contributed by atoms with E-state index in [-0.39, 0.29) is 80.9 Å². The Balaban J connectivity index is 0.800. The number of dihydropyridines is 1. The first kappa shape index (κ1) is 52.8. The van der Waals surface area contributed by atoms with Crippen molar-refractivity contribution in [3.8, 4) is 0 Å². The Kier molecular flexibility index (Phi) is 16.8. The Morgan fingerprint density at radius 2 is 1.77 bits per heavy atom. The second-order valence-corrected chi connectivity index (χ2v) is 18.6. The molecule has 74 heavy (non-hydrogen) atoms. The van der Waals surface area contributed by atoms with Crippen LogP contribution < -0.4 is 43.2 Å². The quantitative estimate of drug-likeness (QED) is 0.0180. The summed E-state index contributed by atoms with van der Waals surface area (Å²) in [6, 6.07) is 9.49. The predicted molar refractivity (Wildman–Crippen MR) is 267 cm³/mol. The number of aliphatic hydroxyl groups excluding tert-OH is 1. The Hall–Kier alpha value is -7.53. The zero-order valence-electron chi connectivity index (χ0n) is 41.2. The van der Waals surface area contributed by atoms with E-state index >= 15 is 4.39 Å². The number of nitrogens with zero attached hydrogens (tertiary/aromatic N) is 3. The minimum absolute atomic E-state index is 0.0257. The van der Waals surface area contributed by atoms with Crippen molar-refractivity contribution in [1.29, 1.82) is 0 Å². The number of hydrogen-bond acceptors (Lipinski definition) is 15. The molecule has 21 nitrogen and oxygen atoms in total. The van der Waals surface area contributed by atoms with Crippen molar-refractivity contribution in [3.05, 3.63) is 133 Å². The van der Waals surface area contributed by atoms with E-state index in [2.05, 4.69) is 43.5 Å². The molecule has 5 atom stereocenters. The number of aliphatic imine (C=N–C) groups is 1. The summed E-state index contributed by atoms with van der Waals surface area (Å²) in [5.74, 6) is -2.67. The number of rotatable bonds is 24. The molecule has 4 aliphatic heterocycles. The number of cyclic esters (lactones) is 1. The molecule has 0 spiro atoms. The van der Waals surface area contributed by atoms with Gasteiger partial charge in [-0.1, -0.05) is 43.3 Å². The van der Waals surface area contributed by atoms with Crippen molar-refractivity contribution in [2.75, 3.05) is 46.6 Å². The number of carbonyl (C=O) groups is 6. The van der Waals surface area contributed by atoms with Crippen molar-refractivity contribution in [1.82, 2.24) is 41.4 Å². The van der Waals surface area contributed by atoms with Crippen LogP contribution in [0.2, 0.25) is 0 Å². The number of hydrogen-bond donors (Lipinski definition) is 8. The summed E-state index contributed by atoms with van der Waals surface area (Å²) in [6.45, 7) is 5.12. The van der Waals surface area contributed by atoms with Crippen LogP contribution in [0.25, 0.3) is 5.70 Å². The van der Waals surface area contributed by atoms with Crippen molar-refractivity contribution in [2.45, 2.75) is 95.5 Å². The monoisotopic (exact) mass is 1020 g/mol. The summed E-state index contributed by atoms with van der Waals surface area (Å²) in [5.41, 5.74) is 12.9. The fourth-order valence-electron chi connectivity index (χ4n) is 9.93. The average Bonchev–Trinajstić information content (AvgIpc) is 3.92. The molecular formula is C52H61FN10O11. The van der Waals surface area contributed by atoms with Gasteiger partial charge >= 0.3 is 5.97 Å². The first-order valence-corrected chi connectivity index (χ1v) is 24.5. The zero-order valence-corrected chi connectivity index (χ0v) is 41.2. The standard InChI is InChI=1S/C52H61FN10O11/c1-28-31-13-14-36(48-33-24-63-39(49(33)61-38(47(31)48)20-35(28)53)19-32-34(51(63)70)25-74-52(71)50(32)72-3)60-44(67)26-73-27-58-43(66)22-55-29(2)37(18-30-10-6-4-7-11-30)59-40(54)21-56-42(65)23-57-41(64)12-8-5-9-17-62-45(68)15-16-46(62)69/h4,6-7,10-11,15-16,19-20,36-38,42,50,55-56,61,65H,2,5,8-9,12-14,17-18,21-27H2,1,3H3,(H2,54,59)(H,57,64)(H,58,66)(H,60,67)/t36-,37?,38?,42?,50?/m0/s1. The van der Waals surface area contributed by atoms with Gasteiger partial charge < -0.3 is 56.2 Å². The highest BCUT2D eigenvalue weighted by Gasteiger charge is 2.44. The molecule has 9 N–H and O–H groups in total. The van der Waals surface area contributed by atoms with Crippen molar-refractivity contribution in [2.24, 2.45) is 10.7 Å². The molecule has 4 unspecified atom stereocenters. The molecule has 2 aromatic rings. The highest BCUT2D eigenvalue weighted by molar-refractivity contribution is 6.12. The molecule has 2 aliphatic carbocycles. The van der Waals surface area contributed by atoms with Crippen LogP contribution in [-0.2, 0) is 62.6 Å². The molecule has 1 aromatic carbocycles. The van der Waals surface area contributed by atoms with Crippen molar-refractivity contribution in [3.63, 3.8) is 0 Å². The number of carbonyl (C=O) groups excluding carboxylic acids is 6. The molecular weight excluding hydrogens is 960 g/mol. The first-order valence-electron chi connectivity index (χ1n) is 24.5. The van der Waals surface area contributed by atoms with Crippen LogP contribution >= 0.6 is 0 Å². The Morgan fingerprint density at radius 3 is 2.53 bits per heavy atom. The van der Waals surface area contributed by atoms with Crippen LogP contribution in [0.1, 0.15) is 73.9 Å². The number of unbranched alkanes of at least 4 members (excludes halogenated alkanes) is 2. The maximum absolute atomic E-state index is 15.4. The van der Waals surface area contributed by atoms with Gasteiger partial charge in [0.05, 0.1) is 61.3 Å². The second-order valence-electron chi connectivity index (χ2n) is 18.6. The predicted octanol–water partition coefficient (Wildman–Crippen LogP) is 0.720. The first-order chi connectivity index (χ1) is 35.6. The van der Waals surface area contributed by atoms with Crippen LogP contribution in [-0.4, -0.2) is 127 Å². The molecule has 1 aromatic heterocycles. The molecule has 392 valence electrons. The lowest BCUT2D eigenvalue weighted by Crippen LogP contribution is -2.46. The smallest absolute Gasteiger partial charge is 0.340 e. The zero-order chi connectivity index (χ0) is 52.6. The largest absolute Gasteiger partial charge is 0.458 e. The number of allylic oxidation sites excluding steroid dienone is 2. The van der Waals surface area contributed by atoms with Gasteiger partial charge in [-0.25, -0.2) is 9.18 Å². The van der Waals surface area contributed by atoms with E-state index < -0.39 is 54.8 Å². The van der Waals surface area contributed by atoms with Gasteiger partial charge in [0.2, 0.25) is 17.7 Å². The number of amides is 5. The van der Waals surface area contributed by atoms with Crippen molar-refractivity contribution < 1.29 is 52.5 Å². The number of fused-ring (bicyclic) bond motifs is 4. The Morgan fingerprint density at radius 1 is 1.00 bits per heavy atom. The molecule has 22 heteroatoms. The van der Waals surface area contributed by atoms with E-state index in [1.165, 1.54) is 25.3 Å². The third kappa shape index (κ3) is 11.9. The van der Waals surface area contributed by atoms with Crippen molar-refractivity contribution >= 4 is 47.0 Å². The minimum atomic E-state index is -1.13. The van der Waals surface area contributed by atoms with Gasteiger partial charge in [-0.2, -0.15) is 0 Å². The molecule has 0 saturated heterocycles. The van der Waals surface area contributed by atoms with E-state index in [4.69, 9.17) is 19.9 Å². The fourth-order valence-corrected chi connectivity index (χ4v) is 9.93. The van der Waals surface area contributed by atoms with Crippen LogP contribution in [0, 0.1) is 0 Å². The molecule has 8 rings (SSSR count). The summed E-state index contributed by atoms with van der Waals surface area (Å²) < 4.78 is 33.2. The molecule has 0 fully saturated rings. The molecule has 0 bridgehead atoms. The van der Waals surface area contributed by atoms with Gasteiger partial charge in [0.1, 0.15) is 37.8 Å². The highest BCUT2D eigenvalue weighted by atomic mass is 19.1. The number of benzene rings is 1. The number of methoxy groups -OCH3 is 1. The van der Waals surface area contributed by atoms with Gasteiger partial charge in [0.25, 0.3) is 17.4 Å². The lowest BCUT2D eigenvalue weighted by molar-refractivity contribution is -0.159. The molecule has 5 heterocycles. The van der Waals surface area contributed by atoms with Gasteiger partial charge in [-0.15, -0.1) is 0 Å². The van der Waals surface area contributed by atoms with E-state index in [1.807, 2.05) is 30.3 Å². The SMILES string of the molecule is C=C(NCC(=O)NCOCC(=O)N[C@H]1CCC2=C(C)C(F)=CC3NC4=C(Cn5c4cc4c(c5=O)COC(=O)C4OC)C1=C23)C(Cc1ccccc1)N=C(N)CNC(O)CNC(=O)CCCCCN1C(=O)C=CC1=O. The van der Waals surface area contributed by atoms with Crippen LogP contribution in [0.5, 0.6) is 0 Å². The number of aromatic nitrogens is 1. The van der Waals surface area contributed by atoms with E-state index in [0.29, 0.717) is 78.9 Å². The number of imide groups is 1. The normalized spacial score (nSPS) is 20.5. The summed E-state index contributed by atoms with van der Waals surface area (Å²) in [5, 5.41) is 28.1. The fraction of sp³-hybridized carbons (Fsp3) is 0.423. The number of ether oxygens (including phenoxy) is 3. The van der Waals surface area contributed by atoms with E-state index in [1.54, 1.807) is 17.6 Å². The van der Waals surface area contributed by atoms with Crippen LogP contribution in [0.4, 0.5) is 4.39 Å². The van der Waals surface area contributed by atoms with E-state index in [0.717, 1.165) is 32.8 Å². The number of nitrogens with one attached hydrogen (secondary N) is 6. The summed E-state index contributed by atoms with van der Waals surface area (Å²) in [4.78, 5) is 94.4. The number of pyridine rings is 1.